The Kier molecular flexibility index (Phi) is 6.26. The summed E-state index contributed by atoms with van der Waals surface area (Å²) in [5.74, 6) is 0. The van der Waals surface area contributed by atoms with E-state index in [4.69, 9.17) is 15.3 Å². The van der Waals surface area contributed by atoms with Crippen molar-refractivity contribution in [1.29, 1.82) is 0 Å². The van der Waals surface area contributed by atoms with E-state index in [0.29, 0.717) is 0 Å². The summed E-state index contributed by atoms with van der Waals surface area (Å²) < 4.78 is 0. The van der Waals surface area contributed by atoms with Crippen molar-refractivity contribution >= 4 is 13.5 Å². The molecule has 0 aliphatic carbocycles. The fourth-order valence-corrected chi connectivity index (χ4v) is 0. The van der Waals surface area contributed by atoms with Gasteiger partial charge in [0.2, 0.25) is 0 Å². The predicted molar refractivity (Wildman–Crippen MR) is 19.2 cm³/mol. The Bertz CT molecular complexity index is 29.9. The summed E-state index contributed by atoms with van der Waals surface area (Å²) in [4.78, 5) is 8.36. The van der Waals surface area contributed by atoms with Crippen molar-refractivity contribution in [3.8, 4) is 0 Å². The molecule has 0 saturated heterocycles. The monoisotopic (exact) mass is 97.0 g/mol. The van der Waals surface area contributed by atoms with Crippen molar-refractivity contribution in [1.82, 2.24) is 0 Å². The molecule has 5 heavy (non-hydrogen) atoms. The van der Waals surface area contributed by atoms with E-state index < -0.39 is 5.09 Å². The van der Waals surface area contributed by atoms with E-state index >= 15 is 0 Å². The smallest absolute Gasteiger partial charge is 0.291 e. The molecular weight excluding hydrogens is 94.1 g/mol. The Morgan fingerprint density at radius 3 is 1.80 bits per heavy atom. The van der Waals surface area contributed by atoms with Crippen molar-refractivity contribution in [2.45, 2.75) is 0 Å². The highest BCUT2D eigenvalue weighted by molar-refractivity contribution is 7.59. The van der Waals surface area contributed by atoms with E-state index in [9.17, 15) is 0 Å². The first-order valence-corrected chi connectivity index (χ1v) is 0.565. The fraction of sp³-hybridized carbons (Fsp3) is 0. The molecule has 0 saturated carbocycles. The fourth-order valence-electron chi connectivity index (χ4n) is 0. The van der Waals surface area contributed by atoms with Crippen LogP contribution in [-0.2, 0) is 0 Å². The van der Waals surface area contributed by atoms with Crippen molar-refractivity contribution < 1.29 is 10.3 Å². The minimum atomic E-state index is -1.50. The molecule has 0 aromatic heterocycles. The zero-order chi connectivity index (χ0) is 3.58. The van der Waals surface area contributed by atoms with Crippen LogP contribution in [0.2, 0.25) is 0 Å². The van der Waals surface area contributed by atoms with Gasteiger partial charge in [0.05, 0.1) is 0 Å². The van der Waals surface area contributed by atoms with Gasteiger partial charge in [-0.05, 0) is 0 Å². The van der Waals surface area contributed by atoms with E-state index in [1.54, 1.807) is 0 Å². The molecule has 0 rings (SSSR count). The van der Waals surface area contributed by atoms with Crippen LogP contribution in [0.25, 0.3) is 0 Å². The van der Waals surface area contributed by atoms with Crippen LogP contribution in [0.5, 0.6) is 0 Å². The number of hydrogen-bond acceptors (Lipinski definition) is 2. The average Bonchev–Trinajstić information content (AvgIpc) is 0.811. The van der Waals surface area contributed by atoms with E-state index in [0.717, 1.165) is 0 Å². The van der Waals surface area contributed by atoms with Crippen molar-refractivity contribution in [2.75, 3.05) is 0 Å². The molecule has 0 spiro atoms. The van der Waals surface area contributed by atoms with Crippen LogP contribution in [-0.4, -0.2) is 10.3 Å². The lowest BCUT2D eigenvalue weighted by molar-refractivity contribution is -0.742. The number of rotatable bonds is 0. The summed E-state index contributed by atoms with van der Waals surface area (Å²) in [6, 6.07) is 0. The zero-order valence-electron chi connectivity index (χ0n) is 2.21. The molecule has 4 nitrogen and oxygen atoms in total. The molecule has 0 aliphatic rings. The molecule has 0 radical (unpaired) electrons. The summed E-state index contributed by atoms with van der Waals surface area (Å²) >= 11 is 0. The molecular formula is H3NO3S. The van der Waals surface area contributed by atoms with Crippen LogP contribution < -0.4 is 0 Å². The van der Waals surface area contributed by atoms with E-state index in [2.05, 4.69) is 0 Å². The largest absolute Gasteiger partial charge is 0.328 e. The van der Waals surface area contributed by atoms with Gasteiger partial charge in [-0.1, -0.05) is 0 Å². The molecule has 0 fully saturated rings. The van der Waals surface area contributed by atoms with Crippen LogP contribution in [0, 0.1) is 10.1 Å². The van der Waals surface area contributed by atoms with E-state index in [-0.39, 0.29) is 13.5 Å². The standard InChI is InChI=1S/HNO3.H2S/c2-1(3)4;/h(H,2,3,4);1H2. The highest BCUT2D eigenvalue weighted by atomic mass is 32.1. The first-order chi connectivity index (χ1) is 1.73. The van der Waals surface area contributed by atoms with Crippen LogP contribution in [0.15, 0.2) is 0 Å². The third-order valence-electron chi connectivity index (χ3n) is 0. The maximum absolute atomic E-state index is 8.36. The van der Waals surface area contributed by atoms with Crippen LogP contribution in [0.3, 0.4) is 0 Å². The molecule has 0 unspecified atom stereocenters. The first kappa shape index (κ1) is 8.82. The quantitative estimate of drug-likeness (QED) is 0.335. The molecule has 0 aromatic rings. The molecule has 0 aliphatic heterocycles. The highest BCUT2D eigenvalue weighted by Gasteiger charge is 1.65. The van der Waals surface area contributed by atoms with Gasteiger partial charge in [0.25, 0.3) is 5.09 Å². The Morgan fingerprint density at radius 1 is 1.80 bits per heavy atom. The minimum absolute atomic E-state index is 0. The summed E-state index contributed by atoms with van der Waals surface area (Å²) in [5, 5.41) is 13.6. The highest BCUT2D eigenvalue weighted by Crippen LogP contribution is 1.38. The van der Waals surface area contributed by atoms with Gasteiger partial charge >= 0.3 is 0 Å². The van der Waals surface area contributed by atoms with Crippen LogP contribution in [0.1, 0.15) is 0 Å². The molecule has 0 heterocycles. The summed E-state index contributed by atoms with van der Waals surface area (Å²) in [5.41, 5.74) is 0. The van der Waals surface area contributed by atoms with E-state index in [1.165, 1.54) is 0 Å². The summed E-state index contributed by atoms with van der Waals surface area (Å²) in [6.45, 7) is 0. The van der Waals surface area contributed by atoms with Crippen molar-refractivity contribution in [3.05, 3.63) is 10.1 Å². The first-order valence-electron chi connectivity index (χ1n) is 0.565. The second-order valence-corrected chi connectivity index (χ2v) is 0.238. The third kappa shape index (κ3) is 42.1. The zero-order valence-corrected chi connectivity index (χ0v) is 3.21. The van der Waals surface area contributed by atoms with Gasteiger partial charge in [0, 0.05) is 0 Å². The van der Waals surface area contributed by atoms with Crippen molar-refractivity contribution in [2.24, 2.45) is 0 Å². The lowest BCUT2D eigenvalue weighted by atomic mass is 13.1. The van der Waals surface area contributed by atoms with Gasteiger partial charge in [-0.25, -0.2) is 0 Å². The Morgan fingerprint density at radius 2 is 1.80 bits per heavy atom. The van der Waals surface area contributed by atoms with Gasteiger partial charge < -0.3 is 5.21 Å². The number of nitrogens with zero attached hydrogens (tertiary/aromatic N) is 1. The van der Waals surface area contributed by atoms with Gasteiger partial charge in [0.15, 0.2) is 0 Å². The maximum Gasteiger partial charge on any atom is 0.291 e. The molecule has 0 amide bonds. The topological polar surface area (TPSA) is 63.4 Å². The molecule has 32 valence electrons. The van der Waals surface area contributed by atoms with Gasteiger partial charge in [-0.2, -0.15) is 13.5 Å². The molecule has 0 bridgehead atoms. The van der Waals surface area contributed by atoms with E-state index in [1.807, 2.05) is 0 Å². The lowest BCUT2D eigenvalue weighted by Crippen LogP contribution is -1.81. The average molecular weight is 97.1 g/mol. The van der Waals surface area contributed by atoms with Crippen LogP contribution >= 0.6 is 13.5 Å². The molecule has 0 atom stereocenters. The molecule has 1 N–H and O–H groups in total. The van der Waals surface area contributed by atoms with Gasteiger partial charge in [-0.15, -0.1) is 10.1 Å². The number of hydrogen-bond donors (Lipinski definition) is 1. The third-order valence-corrected chi connectivity index (χ3v) is 0. The Balaban J connectivity index is 0. The Hall–Kier alpha value is -0.450. The minimum Gasteiger partial charge on any atom is -0.328 e. The summed E-state index contributed by atoms with van der Waals surface area (Å²) in [6.07, 6.45) is 0. The second kappa shape index (κ2) is 3.55. The SMILES string of the molecule is O=[N+]([O-])O.S. The van der Waals surface area contributed by atoms with Crippen molar-refractivity contribution in [3.63, 3.8) is 0 Å². The van der Waals surface area contributed by atoms with Gasteiger partial charge in [-0.3, -0.25) is 0 Å². The maximum atomic E-state index is 8.36. The lowest BCUT2D eigenvalue weighted by Gasteiger charge is -1.56. The predicted octanol–water partition coefficient (Wildman–Crippen LogP) is -0.235. The Labute approximate surface area is 35.0 Å². The normalized spacial score (nSPS) is 4.80. The van der Waals surface area contributed by atoms with Crippen LogP contribution in [0.4, 0.5) is 0 Å². The molecule has 5 heteroatoms. The van der Waals surface area contributed by atoms with Gasteiger partial charge in [0.1, 0.15) is 0 Å². The second-order valence-electron chi connectivity index (χ2n) is 0.238. The summed E-state index contributed by atoms with van der Waals surface area (Å²) in [7, 11) is 0. The molecule has 0 aromatic carbocycles.